The first-order valence-electron chi connectivity index (χ1n) is 7.08. The molecule has 0 spiro atoms. The second-order valence-electron chi connectivity index (χ2n) is 5.14. The van der Waals surface area contributed by atoms with Gasteiger partial charge in [-0.3, -0.25) is 9.69 Å². The normalized spacial score (nSPS) is 17.6. The summed E-state index contributed by atoms with van der Waals surface area (Å²) in [5, 5.41) is 0. The van der Waals surface area contributed by atoms with Crippen LogP contribution >= 0.6 is 11.3 Å². The molecule has 4 heteroatoms. The molecule has 0 saturated carbocycles. The van der Waals surface area contributed by atoms with Crippen molar-refractivity contribution in [3.63, 3.8) is 0 Å². The molecule has 1 atom stereocenters. The van der Waals surface area contributed by atoms with Crippen molar-refractivity contribution in [1.29, 1.82) is 0 Å². The van der Waals surface area contributed by atoms with E-state index >= 15 is 0 Å². The lowest BCUT2D eigenvalue weighted by Gasteiger charge is -2.27. The number of rotatable bonds is 5. The minimum absolute atomic E-state index is 0.0809. The molecule has 0 amide bonds. The van der Waals surface area contributed by atoms with E-state index in [1.165, 1.54) is 28.2 Å². The number of likely N-dealkylation sites (tertiary alicyclic amines) is 1. The fourth-order valence-electron chi connectivity index (χ4n) is 2.85. The van der Waals surface area contributed by atoms with Crippen molar-refractivity contribution in [2.24, 2.45) is 0 Å². The Morgan fingerprint density at radius 2 is 2.11 bits per heavy atom. The average molecular weight is 281 g/mol. The van der Waals surface area contributed by atoms with Gasteiger partial charge in [0.2, 0.25) is 0 Å². The van der Waals surface area contributed by atoms with E-state index in [1.54, 1.807) is 0 Å². The van der Waals surface area contributed by atoms with Crippen LogP contribution in [0.5, 0.6) is 0 Å². The van der Waals surface area contributed by atoms with Crippen molar-refractivity contribution >= 4 is 17.3 Å². The molecule has 1 fully saturated rings. The van der Waals surface area contributed by atoms with Crippen molar-refractivity contribution in [2.45, 2.75) is 46.1 Å². The average Bonchev–Trinajstić information content (AvgIpc) is 2.96. The maximum absolute atomic E-state index is 11.9. The number of hydrogen-bond acceptors (Lipinski definition) is 4. The molecular weight excluding hydrogens is 258 g/mol. The summed E-state index contributed by atoms with van der Waals surface area (Å²) < 4.78 is 5.14. The van der Waals surface area contributed by atoms with E-state index in [0.29, 0.717) is 13.0 Å². The summed E-state index contributed by atoms with van der Waals surface area (Å²) in [6.45, 7) is 8.81. The smallest absolute Gasteiger partial charge is 0.307 e. The van der Waals surface area contributed by atoms with Crippen molar-refractivity contribution < 1.29 is 9.53 Å². The zero-order valence-corrected chi connectivity index (χ0v) is 12.9. The number of carbonyl (C=O) groups excluding carboxylic acids is 1. The highest BCUT2D eigenvalue weighted by Gasteiger charge is 2.28. The standard InChI is InChI=1S/C15H23NO2S/c1-4-18-15(17)10-14(16-7-5-6-8-16)13-9-11(2)19-12(13)3/h9,14H,4-8,10H2,1-3H3. The highest BCUT2D eigenvalue weighted by Crippen LogP contribution is 2.34. The molecule has 2 rings (SSSR count). The molecule has 1 aliphatic heterocycles. The zero-order valence-electron chi connectivity index (χ0n) is 12.1. The Morgan fingerprint density at radius 1 is 1.42 bits per heavy atom. The summed E-state index contributed by atoms with van der Waals surface area (Å²) in [7, 11) is 0. The summed E-state index contributed by atoms with van der Waals surface area (Å²) in [6, 6.07) is 2.44. The lowest BCUT2D eigenvalue weighted by Crippen LogP contribution is -2.28. The maximum Gasteiger partial charge on any atom is 0.307 e. The van der Waals surface area contributed by atoms with Gasteiger partial charge >= 0.3 is 5.97 Å². The molecule has 1 saturated heterocycles. The Labute approximate surface area is 119 Å². The van der Waals surface area contributed by atoms with Gasteiger partial charge in [-0.1, -0.05) is 0 Å². The highest BCUT2D eigenvalue weighted by molar-refractivity contribution is 7.12. The molecule has 1 unspecified atom stereocenters. The van der Waals surface area contributed by atoms with Gasteiger partial charge in [0.15, 0.2) is 0 Å². The summed E-state index contributed by atoms with van der Waals surface area (Å²) in [4.78, 5) is 16.9. The highest BCUT2D eigenvalue weighted by atomic mass is 32.1. The molecule has 0 N–H and O–H groups in total. The van der Waals surface area contributed by atoms with Gasteiger partial charge < -0.3 is 4.74 Å². The maximum atomic E-state index is 11.9. The summed E-state index contributed by atoms with van der Waals surface area (Å²) >= 11 is 1.82. The molecule has 19 heavy (non-hydrogen) atoms. The number of carbonyl (C=O) groups is 1. The number of aryl methyl sites for hydroxylation is 2. The molecular formula is C15H23NO2S. The molecule has 2 heterocycles. The molecule has 0 aliphatic carbocycles. The summed E-state index contributed by atoms with van der Waals surface area (Å²) in [5.41, 5.74) is 1.32. The van der Waals surface area contributed by atoms with Crippen LogP contribution in [0.15, 0.2) is 6.07 Å². The van der Waals surface area contributed by atoms with Gasteiger partial charge in [-0.2, -0.15) is 0 Å². The van der Waals surface area contributed by atoms with Crippen LogP contribution in [0, 0.1) is 13.8 Å². The molecule has 0 radical (unpaired) electrons. The third kappa shape index (κ3) is 3.57. The van der Waals surface area contributed by atoms with Crippen LogP contribution in [0.3, 0.4) is 0 Å². The topological polar surface area (TPSA) is 29.5 Å². The predicted octanol–water partition coefficient (Wildman–Crippen LogP) is 3.46. The number of ether oxygens (including phenoxy) is 1. The summed E-state index contributed by atoms with van der Waals surface area (Å²) in [5.74, 6) is -0.0809. The SMILES string of the molecule is CCOC(=O)CC(c1cc(C)sc1C)N1CCCC1. The fourth-order valence-corrected chi connectivity index (χ4v) is 3.83. The molecule has 0 aromatic carbocycles. The van der Waals surface area contributed by atoms with Gasteiger partial charge in [-0.25, -0.2) is 0 Å². The third-order valence-electron chi connectivity index (χ3n) is 3.69. The van der Waals surface area contributed by atoms with Gasteiger partial charge in [0.1, 0.15) is 0 Å². The first-order chi connectivity index (χ1) is 9.11. The van der Waals surface area contributed by atoms with Crippen LogP contribution in [0.1, 0.15) is 47.5 Å². The van der Waals surface area contributed by atoms with Gasteiger partial charge in [-0.05, 0) is 58.3 Å². The molecule has 1 aliphatic rings. The van der Waals surface area contributed by atoms with Gasteiger partial charge in [-0.15, -0.1) is 11.3 Å². The largest absolute Gasteiger partial charge is 0.466 e. The molecule has 3 nitrogen and oxygen atoms in total. The number of hydrogen-bond donors (Lipinski definition) is 0. The molecule has 0 bridgehead atoms. The van der Waals surface area contributed by atoms with E-state index in [4.69, 9.17) is 4.74 Å². The van der Waals surface area contributed by atoms with Gasteiger partial charge in [0.05, 0.1) is 13.0 Å². The minimum atomic E-state index is -0.0809. The number of thiophene rings is 1. The zero-order chi connectivity index (χ0) is 13.8. The third-order valence-corrected chi connectivity index (χ3v) is 4.67. The Hall–Kier alpha value is -0.870. The Kier molecular flexibility index (Phi) is 4.99. The van der Waals surface area contributed by atoms with E-state index in [9.17, 15) is 4.79 Å². The first kappa shape index (κ1) is 14.5. The van der Waals surface area contributed by atoms with Crippen molar-refractivity contribution in [2.75, 3.05) is 19.7 Å². The van der Waals surface area contributed by atoms with Gasteiger partial charge in [0, 0.05) is 15.8 Å². The first-order valence-corrected chi connectivity index (χ1v) is 7.90. The van der Waals surface area contributed by atoms with Crippen LogP contribution in [0.25, 0.3) is 0 Å². The predicted molar refractivity (Wildman–Crippen MR) is 78.6 cm³/mol. The Bertz CT molecular complexity index is 435. The van der Waals surface area contributed by atoms with Crippen LogP contribution in [0.4, 0.5) is 0 Å². The second-order valence-corrected chi connectivity index (χ2v) is 6.60. The van der Waals surface area contributed by atoms with Crippen LogP contribution in [-0.2, 0) is 9.53 Å². The number of esters is 1. The quantitative estimate of drug-likeness (QED) is 0.774. The van der Waals surface area contributed by atoms with Crippen molar-refractivity contribution in [3.05, 3.63) is 21.4 Å². The number of nitrogens with zero attached hydrogens (tertiary/aromatic N) is 1. The van der Waals surface area contributed by atoms with Gasteiger partial charge in [0.25, 0.3) is 0 Å². The second kappa shape index (κ2) is 6.53. The molecule has 1 aromatic heterocycles. The molecule has 106 valence electrons. The van der Waals surface area contributed by atoms with Crippen LogP contribution in [0.2, 0.25) is 0 Å². The minimum Gasteiger partial charge on any atom is -0.466 e. The van der Waals surface area contributed by atoms with E-state index in [0.717, 1.165) is 13.1 Å². The lowest BCUT2D eigenvalue weighted by molar-refractivity contribution is -0.144. The Balaban J connectivity index is 2.18. The van der Waals surface area contributed by atoms with E-state index in [2.05, 4.69) is 24.8 Å². The lowest BCUT2D eigenvalue weighted by atomic mass is 10.0. The van der Waals surface area contributed by atoms with Crippen LogP contribution < -0.4 is 0 Å². The van der Waals surface area contributed by atoms with Crippen molar-refractivity contribution in [3.8, 4) is 0 Å². The van der Waals surface area contributed by atoms with E-state index < -0.39 is 0 Å². The van der Waals surface area contributed by atoms with E-state index in [-0.39, 0.29) is 12.0 Å². The summed E-state index contributed by atoms with van der Waals surface area (Å²) in [6.07, 6.45) is 2.95. The fraction of sp³-hybridized carbons (Fsp3) is 0.667. The van der Waals surface area contributed by atoms with E-state index in [1.807, 2.05) is 18.3 Å². The monoisotopic (exact) mass is 281 g/mol. The van der Waals surface area contributed by atoms with Crippen molar-refractivity contribution in [1.82, 2.24) is 4.90 Å². The Morgan fingerprint density at radius 3 is 2.63 bits per heavy atom. The van der Waals surface area contributed by atoms with Crippen LogP contribution in [-0.4, -0.2) is 30.6 Å². The molecule has 1 aromatic rings.